The molecule has 4 heteroatoms. The molecule has 0 bridgehead atoms. The van der Waals surface area contributed by atoms with Gasteiger partial charge in [-0.2, -0.15) is 0 Å². The monoisotopic (exact) mass is 704 g/mol. The Morgan fingerprint density at radius 1 is 0.345 bits per heavy atom. The number of anilines is 3. The Morgan fingerprint density at radius 3 is 1.56 bits per heavy atom. The van der Waals surface area contributed by atoms with Crippen molar-refractivity contribution in [2.75, 3.05) is 4.90 Å². The third-order valence-electron chi connectivity index (χ3n) is 11.1. The first-order valence-corrected chi connectivity index (χ1v) is 18.9. The lowest BCUT2D eigenvalue weighted by Gasteiger charge is -2.26. The molecule has 11 aromatic rings. The van der Waals surface area contributed by atoms with Crippen LogP contribution in [-0.4, -0.2) is 13.7 Å². The van der Waals surface area contributed by atoms with E-state index in [0.717, 1.165) is 28.4 Å². The predicted molar refractivity (Wildman–Crippen MR) is 231 cm³/mol. The Bertz CT molecular complexity index is 3180. The van der Waals surface area contributed by atoms with E-state index in [1.807, 2.05) is 0 Å². The van der Waals surface area contributed by atoms with Gasteiger partial charge in [-0.25, -0.2) is 0 Å². The van der Waals surface area contributed by atoms with Crippen molar-refractivity contribution in [3.05, 3.63) is 206 Å². The van der Waals surface area contributed by atoms with Crippen LogP contribution in [0.5, 0.6) is 0 Å². The van der Waals surface area contributed by atoms with Gasteiger partial charge in [0.25, 0.3) is 0 Å². The molecule has 0 radical (unpaired) electrons. The summed E-state index contributed by atoms with van der Waals surface area (Å²) >= 11 is 0. The van der Waals surface area contributed by atoms with Crippen molar-refractivity contribution in [3.8, 4) is 17.1 Å². The second kappa shape index (κ2) is 12.4. The number of para-hydroxylation sites is 4. The van der Waals surface area contributed by atoms with Gasteiger partial charge in [0.2, 0.25) is 0 Å². The van der Waals surface area contributed by atoms with Crippen LogP contribution in [0.3, 0.4) is 0 Å². The van der Waals surface area contributed by atoms with Crippen LogP contribution in [0.2, 0.25) is 0 Å². The molecule has 0 saturated heterocycles. The van der Waals surface area contributed by atoms with Crippen LogP contribution in [0.4, 0.5) is 17.1 Å². The van der Waals surface area contributed by atoms with Gasteiger partial charge in [0.1, 0.15) is 0 Å². The van der Waals surface area contributed by atoms with E-state index in [9.17, 15) is 0 Å². The molecule has 55 heavy (non-hydrogen) atoms. The minimum absolute atomic E-state index is 1.10. The van der Waals surface area contributed by atoms with E-state index in [4.69, 9.17) is 0 Å². The van der Waals surface area contributed by atoms with Crippen LogP contribution in [0.25, 0.3) is 71.6 Å². The number of benzene rings is 8. The highest BCUT2D eigenvalue weighted by molar-refractivity contribution is 6.14. The molecule has 0 aliphatic rings. The molecule has 0 atom stereocenters. The fourth-order valence-corrected chi connectivity index (χ4v) is 8.54. The zero-order valence-corrected chi connectivity index (χ0v) is 30.3. The first kappa shape index (κ1) is 31.2. The van der Waals surface area contributed by atoms with Crippen molar-refractivity contribution in [2.24, 2.45) is 0 Å². The fraction of sp³-hybridized carbons (Fsp3) is 0.0196. The normalized spacial score (nSPS) is 11.7. The molecule has 0 amide bonds. The molecule has 0 spiro atoms. The number of hydrogen-bond acceptors (Lipinski definition) is 1. The second-order valence-electron chi connectivity index (χ2n) is 14.4. The Balaban J connectivity index is 1.07. The molecule has 0 N–H and O–H groups in total. The molecule has 260 valence electrons. The van der Waals surface area contributed by atoms with Crippen molar-refractivity contribution in [1.29, 1.82) is 0 Å². The maximum absolute atomic E-state index is 2.41. The zero-order valence-electron chi connectivity index (χ0n) is 30.3. The Kier molecular flexibility index (Phi) is 7.04. The van der Waals surface area contributed by atoms with Gasteiger partial charge in [-0.15, -0.1) is 0 Å². The molecular formula is C51H36N4. The molecule has 3 aromatic heterocycles. The lowest BCUT2D eigenvalue weighted by molar-refractivity contribution is 1.12. The van der Waals surface area contributed by atoms with Crippen molar-refractivity contribution in [1.82, 2.24) is 13.7 Å². The predicted octanol–water partition coefficient (Wildman–Crippen LogP) is 13.6. The number of fused-ring (bicyclic) bond motifs is 7. The number of hydrogen-bond donors (Lipinski definition) is 0. The molecule has 11 rings (SSSR count). The summed E-state index contributed by atoms with van der Waals surface area (Å²) in [4.78, 5) is 2.36. The van der Waals surface area contributed by atoms with Gasteiger partial charge in [0.15, 0.2) is 0 Å². The van der Waals surface area contributed by atoms with Crippen molar-refractivity contribution in [2.45, 2.75) is 6.92 Å². The summed E-state index contributed by atoms with van der Waals surface area (Å²) in [5.41, 5.74) is 14.0. The molecule has 3 heterocycles. The van der Waals surface area contributed by atoms with Gasteiger partial charge in [0, 0.05) is 67.3 Å². The topological polar surface area (TPSA) is 18.0 Å². The minimum atomic E-state index is 1.10. The summed E-state index contributed by atoms with van der Waals surface area (Å²) in [7, 11) is 0. The highest BCUT2D eigenvalue weighted by Crippen LogP contribution is 2.41. The summed E-state index contributed by atoms with van der Waals surface area (Å²) in [6, 6.07) is 70.4. The molecular weight excluding hydrogens is 669 g/mol. The smallest absolute Gasteiger partial charge is 0.0562 e. The lowest BCUT2D eigenvalue weighted by atomic mass is 10.1. The summed E-state index contributed by atoms with van der Waals surface area (Å²) in [6.07, 6.45) is 2.18. The maximum atomic E-state index is 2.41. The molecule has 0 aliphatic heterocycles. The molecule has 4 nitrogen and oxygen atoms in total. The van der Waals surface area contributed by atoms with Gasteiger partial charge in [-0.3, -0.25) is 0 Å². The number of nitrogens with zero attached hydrogens (tertiary/aromatic N) is 4. The van der Waals surface area contributed by atoms with E-state index in [1.165, 1.54) is 65.8 Å². The summed E-state index contributed by atoms with van der Waals surface area (Å²) in [6.45, 7) is 2.14. The van der Waals surface area contributed by atoms with Crippen molar-refractivity contribution >= 4 is 71.6 Å². The van der Waals surface area contributed by atoms with Crippen molar-refractivity contribution < 1.29 is 0 Å². The van der Waals surface area contributed by atoms with Crippen LogP contribution in [0.1, 0.15) is 5.56 Å². The van der Waals surface area contributed by atoms with Crippen LogP contribution in [0, 0.1) is 6.92 Å². The first-order valence-electron chi connectivity index (χ1n) is 18.9. The third kappa shape index (κ3) is 4.99. The number of aryl methyl sites for hydroxylation is 1. The fourth-order valence-electron chi connectivity index (χ4n) is 8.54. The number of aromatic nitrogens is 3. The standard InChI is InChI=1S/C51H36N4/c1-35-20-22-40(23-21-35)54-47-18-10-9-17-44(47)46-33-42(28-29-49(46)54)53(38-14-6-3-7-15-38)39-24-26-41(27-25-39)55-48-19-11-8-16-43(48)45-32-36-30-31-52(50(36)34-51(45)55)37-12-4-2-5-13-37/h2-34H,1H3. The van der Waals surface area contributed by atoms with Crippen LogP contribution in [-0.2, 0) is 0 Å². The van der Waals surface area contributed by atoms with E-state index in [2.05, 4.69) is 226 Å². The summed E-state index contributed by atoms with van der Waals surface area (Å²) < 4.78 is 7.08. The highest BCUT2D eigenvalue weighted by atomic mass is 15.1. The van der Waals surface area contributed by atoms with Gasteiger partial charge >= 0.3 is 0 Å². The lowest BCUT2D eigenvalue weighted by Crippen LogP contribution is -2.10. The quantitative estimate of drug-likeness (QED) is 0.168. The largest absolute Gasteiger partial charge is 0.316 e. The van der Waals surface area contributed by atoms with Gasteiger partial charge in [-0.1, -0.05) is 90.5 Å². The molecule has 0 unspecified atom stereocenters. The maximum Gasteiger partial charge on any atom is 0.0562 e. The minimum Gasteiger partial charge on any atom is -0.316 e. The van der Waals surface area contributed by atoms with E-state index in [0.29, 0.717) is 0 Å². The molecule has 0 fully saturated rings. The summed E-state index contributed by atoms with van der Waals surface area (Å²) in [5, 5.41) is 6.19. The Labute approximate surface area is 319 Å². The third-order valence-corrected chi connectivity index (χ3v) is 11.1. The molecule has 0 aliphatic carbocycles. The molecule has 8 aromatic carbocycles. The van der Waals surface area contributed by atoms with E-state index < -0.39 is 0 Å². The Morgan fingerprint density at radius 2 is 0.873 bits per heavy atom. The van der Waals surface area contributed by atoms with Crippen molar-refractivity contribution in [3.63, 3.8) is 0 Å². The summed E-state index contributed by atoms with van der Waals surface area (Å²) in [5.74, 6) is 0. The van der Waals surface area contributed by atoms with E-state index >= 15 is 0 Å². The molecule has 0 saturated carbocycles. The second-order valence-corrected chi connectivity index (χ2v) is 14.4. The number of rotatable bonds is 6. The first-order chi connectivity index (χ1) is 27.2. The SMILES string of the molecule is Cc1ccc(-n2c3ccccc3c3cc(N(c4ccccc4)c4ccc(-n5c6ccccc6c6cc7ccn(-c8ccccc8)c7cc65)cc4)ccc32)cc1. The highest BCUT2D eigenvalue weighted by Gasteiger charge is 2.19. The van der Waals surface area contributed by atoms with Gasteiger partial charge in [0.05, 0.1) is 27.6 Å². The van der Waals surface area contributed by atoms with Crippen LogP contribution in [0.15, 0.2) is 200 Å². The van der Waals surface area contributed by atoms with Gasteiger partial charge < -0.3 is 18.6 Å². The zero-order chi connectivity index (χ0) is 36.5. The average molecular weight is 705 g/mol. The van der Waals surface area contributed by atoms with Crippen LogP contribution >= 0.6 is 0 Å². The van der Waals surface area contributed by atoms with Crippen LogP contribution < -0.4 is 4.90 Å². The van der Waals surface area contributed by atoms with E-state index in [-0.39, 0.29) is 0 Å². The Hall–Kier alpha value is -7.30. The van der Waals surface area contributed by atoms with Gasteiger partial charge in [-0.05, 0) is 116 Å². The van der Waals surface area contributed by atoms with E-state index in [1.54, 1.807) is 0 Å². The average Bonchev–Trinajstić information content (AvgIpc) is 3.91.